The molecule has 0 radical (unpaired) electrons. The van der Waals surface area contributed by atoms with Gasteiger partial charge in [-0.25, -0.2) is 0 Å². The summed E-state index contributed by atoms with van der Waals surface area (Å²) in [6, 6.07) is 0.444. The smallest absolute Gasteiger partial charge is 0.241 e. The molecule has 1 saturated heterocycles. The van der Waals surface area contributed by atoms with Gasteiger partial charge in [0.25, 0.3) is 0 Å². The van der Waals surface area contributed by atoms with Crippen LogP contribution < -0.4 is 10.6 Å². The maximum Gasteiger partial charge on any atom is 0.241 e. The van der Waals surface area contributed by atoms with Crippen LogP contribution in [0.4, 0.5) is 0 Å². The van der Waals surface area contributed by atoms with Crippen LogP contribution in [0.3, 0.4) is 0 Å². The Kier molecular flexibility index (Phi) is 5.58. The lowest BCUT2D eigenvalue weighted by Gasteiger charge is -2.63. The van der Waals surface area contributed by atoms with Crippen molar-refractivity contribution in [1.29, 1.82) is 0 Å². The second-order valence-electron chi connectivity index (χ2n) is 6.67. The summed E-state index contributed by atoms with van der Waals surface area (Å²) in [4.78, 5) is 17.5. The molecule has 0 aromatic rings. The molecule has 0 aromatic heterocycles. The number of rotatable bonds is 3. The van der Waals surface area contributed by atoms with Gasteiger partial charge in [-0.3, -0.25) is 9.79 Å². The van der Waals surface area contributed by atoms with E-state index >= 15 is 0 Å². The molecule has 3 rings (SSSR count). The molecule has 3 unspecified atom stereocenters. The number of nitrogens with zero attached hydrogens (tertiary/aromatic N) is 2. The monoisotopic (exact) mass is 422 g/mol. The Morgan fingerprint density at radius 1 is 1.41 bits per heavy atom. The van der Waals surface area contributed by atoms with Crippen molar-refractivity contribution in [3.8, 4) is 0 Å². The molecule has 1 spiro atoms. The fraction of sp³-hybridized carbons (Fsp3) is 0.867. The number of carbonyl (C=O) groups excluding carboxylic acids is 1. The van der Waals surface area contributed by atoms with Crippen LogP contribution in [-0.4, -0.2) is 63.2 Å². The molecule has 7 heteroatoms. The Morgan fingerprint density at radius 3 is 2.68 bits per heavy atom. The standard InChI is InChI=1S/C15H26N4O2.HI/c1-16-14(17-9-11(20)19(2)3)18-12-10-5-8-21-13(10)15(12)6-4-7-15;/h10,12-13H,4-9H2,1-3H3,(H2,16,17,18);1H. The van der Waals surface area contributed by atoms with Gasteiger partial charge in [-0.15, -0.1) is 24.0 Å². The van der Waals surface area contributed by atoms with Gasteiger partial charge in [0.15, 0.2) is 5.96 Å². The van der Waals surface area contributed by atoms with E-state index in [4.69, 9.17) is 4.74 Å². The zero-order valence-electron chi connectivity index (χ0n) is 13.6. The molecule has 3 fully saturated rings. The maximum atomic E-state index is 11.7. The maximum absolute atomic E-state index is 11.7. The third-order valence-corrected chi connectivity index (χ3v) is 5.46. The summed E-state index contributed by atoms with van der Waals surface area (Å²) < 4.78 is 5.92. The summed E-state index contributed by atoms with van der Waals surface area (Å²) in [5.41, 5.74) is 0.324. The highest BCUT2D eigenvalue weighted by Crippen LogP contribution is 2.62. The lowest BCUT2D eigenvalue weighted by atomic mass is 9.46. The van der Waals surface area contributed by atoms with Crippen LogP contribution in [0.2, 0.25) is 0 Å². The number of hydrogen-bond acceptors (Lipinski definition) is 3. The van der Waals surface area contributed by atoms with Crippen molar-refractivity contribution in [3.05, 3.63) is 0 Å². The number of amides is 1. The lowest BCUT2D eigenvalue weighted by Crippen LogP contribution is -2.72. The average molecular weight is 422 g/mol. The van der Waals surface area contributed by atoms with Crippen molar-refractivity contribution in [2.24, 2.45) is 16.3 Å². The highest BCUT2D eigenvalue weighted by atomic mass is 127. The number of ether oxygens (including phenoxy) is 1. The second-order valence-corrected chi connectivity index (χ2v) is 6.67. The molecular weight excluding hydrogens is 395 g/mol. The van der Waals surface area contributed by atoms with Crippen LogP contribution in [0, 0.1) is 11.3 Å². The number of aliphatic imine (C=N–C) groups is 1. The highest BCUT2D eigenvalue weighted by Gasteiger charge is 2.66. The summed E-state index contributed by atoms with van der Waals surface area (Å²) in [6.45, 7) is 1.16. The van der Waals surface area contributed by atoms with Gasteiger partial charge in [-0.1, -0.05) is 6.42 Å². The third kappa shape index (κ3) is 2.81. The molecule has 3 aliphatic rings. The van der Waals surface area contributed by atoms with E-state index in [-0.39, 0.29) is 36.4 Å². The van der Waals surface area contributed by atoms with Crippen LogP contribution >= 0.6 is 24.0 Å². The minimum absolute atomic E-state index is 0. The fourth-order valence-electron chi connectivity index (χ4n) is 4.12. The molecule has 6 nitrogen and oxygen atoms in total. The molecular formula is C15H27IN4O2. The Bertz CT molecular complexity index is 451. The van der Waals surface area contributed by atoms with Gasteiger partial charge in [0.1, 0.15) is 0 Å². The van der Waals surface area contributed by atoms with Crippen LogP contribution in [0.1, 0.15) is 25.7 Å². The van der Waals surface area contributed by atoms with Gasteiger partial charge in [-0.2, -0.15) is 0 Å². The lowest BCUT2D eigenvalue weighted by molar-refractivity contribution is -0.171. The number of guanidine groups is 1. The molecule has 2 N–H and O–H groups in total. The molecule has 3 atom stereocenters. The molecule has 1 aliphatic heterocycles. The number of halogens is 1. The quantitative estimate of drug-likeness (QED) is 0.402. The molecule has 0 bridgehead atoms. The van der Waals surface area contributed by atoms with E-state index in [2.05, 4.69) is 15.6 Å². The average Bonchev–Trinajstić information content (AvgIpc) is 2.82. The number of nitrogens with one attached hydrogen (secondary N) is 2. The van der Waals surface area contributed by atoms with E-state index in [1.54, 1.807) is 26.0 Å². The van der Waals surface area contributed by atoms with E-state index in [1.165, 1.54) is 19.3 Å². The Labute approximate surface area is 149 Å². The first-order valence-corrected chi connectivity index (χ1v) is 7.87. The summed E-state index contributed by atoms with van der Waals surface area (Å²) >= 11 is 0. The van der Waals surface area contributed by atoms with Crippen molar-refractivity contribution in [2.45, 2.75) is 37.8 Å². The fourth-order valence-corrected chi connectivity index (χ4v) is 4.12. The molecule has 1 amide bonds. The molecule has 22 heavy (non-hydrogen) atoms. The van der Waals surface area contributed by atoms with Crippen molar-refractivity contribution in [2.75, 3.05) is 34.3 Å². The zero-order valence-corrected chi connectivity index (χ0v) is 15.9. The summed E-state index contributed by atoms with van der Waals surface area (Å²) in [6.07, 6.45) is 5.39. The molecule has 1 heterocycles. The van der Waals surface area contributed by atoms with Crippen molar-refractivity contribution < 1.29 is 9.53 Å². The van der Waals surface area contributed by atoms with Crippen LogP contribution in [0.25, 0.3) is 0 Å². The Morgan fingerprint density at radius 2 is 2.14 bits per heavy atom. The van der Waals surface area contributed by atoms with Gasteiger partial charge in [0, 0.05) is 45.1 Å². The SMILES string of the molecule is CN=C(NCC(=O)N(C)C)NC1C2CCOC2C12CCC2.I. The van der Waals surface area contributed by atoms with Gasteiger partial charge in [0.05, 0.1) is 12.6 Å². The third-order valence-electron chi connectivity index (χ3n) is 5.46. The predicted octanol–water partition coefficient (Wildman–Crippen LogP) is 0.815. The number of fused-ring (bicyclic) bond motifs is 2. The predicted molar refractivity (Wildman–Crippen MR) is 96.5 cm³/mol. The normalized spacial score (nSPS) is 31.4. The van der Waals surface area contributed by atoms with Crippen LogP contribution in [0.5, 0.6) is 0 Å². The van der Waals surface area contributed by atoms with Crippen LogP contribution in [-0.2, 0) is 9.53 Å². The van der Waals surface area contributed by atoms with Gasteiger partial charge < -0.3 is 20.3 Å². The first kappa shape index (κ1) is 17.8. The van der Waals surface area contributed by atoms with E-state index in [9.17, 15) is 4.79 Å². The summed E-state index contributed by atoms with van der Waals surface area (Å²) in [7, 11) is 5.27. The Balaban J connectivity index is 0.00000176. The van der Waals surface area contributed by atoms with E-state index in [0.717, 1.165) is 19.0 Å². The molecule has 2 saturated carbocycles. The van der Waals surface area contributed by atoms with E-state index in [1.807, 2.05) is 0 Å². The first-order valence-electron chi connectivity index (χ1n) is 7.87. The molecule has 0 aromatic carbocycles. The Hall–Kier alpha value is -0.570. The van der Waals surface area contributed by atoms with Gasteiger partial charge >= 0.3 is 0 Å². The van der Waals surface area contributed by atoms with Crippen molar-refractivity contribution in [3.63, 3.8) is 0 Å². The van der Waals surface area contributed by atoms with E-state index < -0.39 is 0 Å². The van der Waals surface area contributed by atoms with Gasteiger partial charge in [-0.05, 0) is 19.3 Å². The van der Waals surface area contributed by atoms with Gasteiger partial charge in [0.2, 0.25) is 5.91 Å². The van der Waals surface area contributed by atoms with Crippen molar-refractivity contribution in [1.82, 2.24) is 15.5 Å². The highest BCUT2D eigenvalue weighted by molar-refractivity contribution is 14.0. The van der Waals surface area contributed by atoms with E-state index in [0.29, 0.717) is 23.5 Å². The molecule has 126 valence electrons. The largest absolute Gasteiger partial charge is 0.377 e. The van der Waals surface area contributed by atoms with Crippen molar-refractivity contribution >= 4 is 35.8 Å². The van der Waals surface area contributed by atoms with Crippen LogP contribution in [0.15, 0.2) is 4.99 Å². The topological polar surface area (TPSA) is 66.0 Å². The minimum atomic E-state index is 0. The molecule has 2 aliphatic carbocycles. The summed E-state index contributed by atoms with van der Waals surface area (Å²) in [5, 5.41) is 6.67. The number of likely N-dealkylation sites (N-methyl/N-ethyl adjacent to an activating group) is 1. The summed E-state index contributed by atoms with van der Waals surface area (Å²) in [5.74, 6) is 1.38. The first-order chi connectivity index (χ1) is 10.1. The minimum Gasteiger partial charge on any atom is -0.377 e. The number of hydrogen-bond donors (Lipinski definition) is 2. The zero-order chi connectivity index (χ0) is 15.0. The second kappa shape index (κ2) is 6.90. The number of carbonyl (C=O) groups is 1.